The summed E-state index contributed by atoms with van der Waals surface area (Å²) < 4.78 is 14.7. The Morgan fingerprint density at radius 1 is 1.21 bits per heavy atom. The number of rotatable bonds is 8. The van der Waals surface area contributed by atoms with E-state index in [0.29, 0.717) is 16.5 Å². The van der Waals surface area contributed by atoms with Gasteiger partial charge in [-0.25, -0.2) is 9.07 Å². The molecule has 2 aromatic carbocycles. The summed E-state index contributed by atoms with van der Waals surface area (Å²) in [5, 5.41) is 11.5. The van der Waals surface area contributed by atoms with Gasteiger partial charge < -0.3 is 11.2 Å². The first-order chi connectivity index (χ1) is 13.6. The van der Waals surface area contributed by atoms with Gasteiger partial charge in [-0.1, -0.05) is 67.6 Å². The molecule has 1 heterocycles. The third-order valence-corrected chi connectivity index (χ3v) is 5.14. The van der Waals surface area contributed by atoms with Gasteiger partial charge in [0.1, 0.15) is 5.82 Å². The van der Waals surface area contributed by atoms with Crippen LogP contribution in [0.25, 0.3) is 11.4 Å². The molecule has 0 fully saturated rings. The molecule has 0 aliphatic heterocycles. The van der Waals surface area contributed by atoms with Crippen LogP contribution in [0.5, 0.6) is 0 Å². The Kier molecular flexibility index (Phi) is 6.65. The van der Waals surface area contributed by atoms with Gasteiger partial charge in [0.15, 0.2) is 5.82 Å². The van der Waals surface area contributed by atoms with Crippen LogP contribution in [-0.4, -0.2) is 26.5 Å². The molecule has 0 unspecified atom stereocenters. The van der Waals surface area contributed by atoms with Crippen LogP contribution in [0, 0.1) is 5.82 Å². The Balaban J connectivity index is 1.63. The van der Waals surface area contributed by atoms with Crippen molar-refractivity contribution >= 4 is 17.7 Å². The average Bonchev–Trinajstić information content (AvgIpc) is 3.07. The van der Waals surface area contributed by atoms with Crippen LogP contribution in [0.1, 0.15) is 31.4 Å². The molecular formula is C20H22FN5OS. The number of hydrogen-bond donors (Lipinski definition) is 2. The maximum Gasteiger partial charge on any atom is 0.230 e. The molecule has 3 rings (SSSR count). The van der Waals surface area contributed by atoms with Gasteiger partial charge in [0, 0.05) is 5.56 Å². The summed E-state index contributed by atoms with van der Waals surface area (Å²) in [6.07, 6.45) is 1.82. The first-order valence-corrected chi connectivity index (χ1v) is 10.0. The van der Waals surface area contributed by atoms with Crippen molar-refractivity contribution < 1.29 is 9.18 Å². The zero-order chi connectivity index (χ0) is 19.9. The van der Waals surface area contributed by atoms with Crippen molar-refractivity contribution in [2.24, 2.45) is 0 Å². The van der Waals surface area contributed by atoms with Crippen LogP contribution < -0.4 is 11.2 Å². The lowest BCUT2D eigenvalue weighted by atomic mass is 10.0. The molecule has 1 amide bonds. The maximum atomic E-state index is 13.4. The van der Waals surface area contributed by atoms with Gasteiger partial charge in [-0.2, -0.15) is 0 Å². The number of hydrogen-bond acceptors (Lipinski definition) is 5. The van der Waals surface area contributed by atoms with Crippen molar-refractivity contribution in [3.8, 4) is 11.4 Å². The highest BCUT2D eigenvalue weighted by molar-refractivity contribution is 7.99. The molecule has 1 aromatic heterocycles. The van der Waals surface area contributed by atoms with E-state index < -0.39 is 0 Å². The number of nitrogen functional groups attached to an aromatic ring is 1. The molecule has 6 nitrogen and oxygen atoms in total. The molecule has 3 aromatic rings. The fourth-order valence-electron chi connectivity index (χ4n) is 2.86. The number of aromatic nitrogens is 3. The fourth-order valence-corrected chi connectivity index (χ4v) is 3.53. The van der Waals surface area contributed by atoms with E-state index in [1.165, 1.54) is 28.6 Å². The van der Waals surface area contributed by atoms with Crippen LogP contribution in [-0.2, 0) is 4.79 Å². The van der Waals surface area contributed by atoms with Gasteiger partial charge in [0.05, 0.1) is 11.8 Å². The number of halogens is 1. The number of carbonyl (C=O) groups is 1. The minimum atomic E-state index is -0.378. The highest BCUT2D eigenvalue weighted by Gasteiger charge is 2.17. The Bertz CT molecular complexity index is 931. The molecule has 0 spiro atoms. The quantitative estimate of drug-likeness (QED) is 0.447. The second kappa shape index (κ2) is 9.36. The molecule has 28 heavy (non-hydrogen) atoms. The Morgan fingerprint density at radius 2 is 2.00 bits per heavy atom. The van der Waals surface area contributed by atoms with Crippen molar-refractivity contribution in [3.63, 3.8) is 0 Å². The Hall–Kier alpha value is -2.87. The predicted octanol–water partition coefficient (Wildman–Crippen LogP) is 3.55. The van der Waals surface area contributed by atoms with E-state index in [2.05, 4.69) is 22.4 Å². The largest absolute Gasteiger partial charge is 0.349 e. The number of amides is 1. The fraction of sp³-hybridized carbons (Fsp3) is 0.250. The van der Waals surface area contributed by atoms with E-state index in [9.17, 15) is 9.18 Å². The van der Waals surface area contributed by atoms with Crippen LogP contribution in [0.2, 0.25) is 0 Å². The predicted molar refractivity (Wildman–Crippen MR) is 109 cm³/mol. The molecule has 0 aliphatic carbocycles. The zero-order valence-corrected chi connectivity index (χ0v) is 16.3. The number of carbonyl (C=O) groups excluding carboxylic acids is 1. The van der Waals surface area contributed by atoms with Gasteiger partial charge in [-0.15, -0.1) is 10.2 Å². The number of benzene rings is 2. The number of nitrogens with zero attached hydrogens (tertiary/aromatic N) is 3. The molecule has 0 saturated carbocycles. The SMILES string of the molecule is CCC[C@@H](NC(=O)CSc1nnc(-c2cccc(F)c2)n1N)c1ccccc1. The van der Waals surface area contributed by atoms with E-state index >= 15 is 0 Å². The van der Waals surface area contributed by atoms with Crippen molar-refractivity contribution in [1.82, 2.24) is 20.2 Å². The standard InChI is InChI=1S/C20H22FN5OS/c1-2-7-17(14-8-4-3-5-9-14)23-18(27)13-28-20-25-24-19(26(20)22)15-10-6-11-16(21)12-15/h3-6,8-12,17H,2,7,13,22H2,1H3,(H,23,27)/t17-/m1/s1. The molecule has 146 valence electrons. The summed E-state index contributed by atoms with van der Waals surface area (Å²) in [6.45, 7) is 2.09. The van der Waals surface area contributed by atoms with E-state index in [1.54, 1.807) is 12.1 Å². The van der Waals surface area contributed by atoms with Crippen molar-refractivity contribution in [1.29, 1.82) is 0 Å². The Labute approximate surface area is 167 Å². The van der Waals surface area contributed by atoms with Crippen molar-refractivity contribution in [2.45, 2.75) is 31.0 Å². The summed E-state index contributed by atoms with van der Waals surface area (Å²) in [5.41, 5.74) is 1.61. The van der Waals surface area contributed by atoms with Gasteiger partial charge >= 0.3 is 0 Å². The van der Waals surface area contributed by atoms with Gasteiger partial charge in [-0.05, 0) is 24.1 Å². The van der Waals surface area contributed by atoms with E-state index in [4.69, 9.17) is 5.84 Å². The summed E-state index contributed by atoms with van der Waals surface area (Å²) in [5.74, 6) is 6.04. The third kappa shape index (κ3) is 4.89. The van der Waals surface area contributed by atoms with Crippen molar-refractivity contribution in [2.75, 3.05) is 11.6 Å². The van der Waals surface area contributed by atoms with Gasteiger partial charge in [0.2, 0.25) is 11.1 Å². The van der Waals surface area contributed by atoms with E-state index in [-0.39, 0.29) is 23.5 Å². The molecule has 0 radical (unpaired) electrons. The molecule has 0 bridgehead atoms. The van der Waals surface area contributed by atoms with E-state index in [1.807, 2.05) is 30.3 Å². The van der Waals surface area contributed by atoms with Crippen molar-refractivity contribution in [3.05, 3.63) is 66.0 Å². The van der Waals surface area contributed by atoms with E-state index in [0.717, 1.165) is 18.4 Å². The maximum absolute atomic E-state index is 13.4. The minimum absolute atomic E-state index is 0.0297. The van der Waals surface area contributed by atoms with Crippen LogP contribution in [0.15, 0.2) is 59.8 Å². The summed E-state index contributed by atoms with van der Waals surface area (Å²) in [7, 11) is 0. The molecular weight excluding hydrogens is 377 g/mol. The van der Waals surface area contributed by atoms with Gasteiger partial charge in [0.25, 0.3) is 0 Å². The first kappa shape index (κ1) is 19.9. The molecule has 8 heteroatoms. The topological polar surface area (TPSA) is 85.8 Å². The van der Waals surface area contributed by atoms with Gasteiger partial charge in [-0.3, -0.25) is 4.79 Å². The monoisotopic (exact) mass is 399 g/mol. The highest BCUT2D eigenvalue weighted by atomic mass is 32.2. The lowest BCUT2D eigenvalue weighted by molar-refractivity contribution is -0.119. The van der Waals surface area contributed by atoms with Crippen LogP contribution in [0.3, 0.4) is 0 Å². The number of nitrogens with one attached hydrogen (secondary N) is 1. The smallest absolute Gasteiger partial charge is 0.230 e. The lowest BCUT2D eigenvalue weighted by Crippen LogP contribution is -2.30. The third-order valence-electron chi connectivity index (χ3n) is 4.19. The van der Waals surface area contributed by atoms with Crippen LogP contribution >= 0.6 is 11.8 Å². The molecule has 0 aliphatic rings. The second-order valence-electron chi connectivity index (χ2n) is 6.29. The molecule has 3 N–H and O–H groups in total. The number of nitrogens with two attached hydrogens (primary N) is 1. The second-order valence-corrected chi connectivity index (χ2v) is 7.24. The number of thioether (sulfide) groups is 1. The normalized spacial score (nSPS) is 11.9. The first-order valence-electron chi connectivity index (χ1n) is 9.02. The average molecular weight is 399 g/mol. The highest BCUT2D eigenvalue weighted by Crippen LogP contribution is 2.23. The lowest BCUT2D eigenvalue weighted by Gasteiger charge is -2.18. The molecule has 1 atom stereocenters. The Morgan fingerprint density at radius 3 is 2.71 bits per heavy atom. The molecule has 0 saturated heterocycles. The summed E-state index contributed by atoms with van der Waals surface area (Å²) in [6, 6.07) is 15.8. The minimum Gasteiger partial charge on any atom is -0.349 e. The zero-order valence-electron chi connectivity index (χ0n) is 15.5. The summed E-state index contributed by atoms with van der Waals surface area (Å²) in [4.78, 5) is 12.4. The van der Waals surface area contributed by atoms with Crippen LogP contribution in [0.4, 0.5) is 4.39 Å². The summed E-state index contributed by atoms with van der Waals surface area (Å²) >= 11 is 1.19.